The van der Waals surface area contributed by atoms with Crippen molar-refractivity contribution in [1.82, 2.24) is 14.4 Å². The number of carbonyl (C=O) groups is 2. The SMILES string of the molecule is COCCN(Cc1cccn1Cc1ccccc1)C(=O)CN(C(=O)c1ccco1)C(C)C. The molecule has 1 aromatic carbocycles. The first-order chi connectivity index (χ1) is 15.5. The topological polar surface area (TPSA) is 67.9 Å². The summed E-state index contributed by atoms with van der Waals surface area (Å²) in [6.07, 6.45) is 3.47. The van der Waals surface area contributed by atoms with Crippen LogP contribution in [0.15, 0.2) is 71.5 Å². The fourth-order valence-electron chi connectivity index (χ4n) is 3.49. The minimum Gasteiger partial charge on any atom is -0.459 e. The maximum atomic E-state index is 13.3. The van der Waals surface area contributed by atoms with Gasteiger partial charge in [-0.1, -0.05) is 30.3 Å². The van der Waals surface area contributed by atoms with Crippen LogP contribution in [0.4, 0.5) is 0 Å². The van der Waals surface area contributed by atoms with Crippen LogP contribution in [-0.2, 0) is 22.6 Å². The average Bonchev–Trinajstić information content (AvgIpc) is 3.47. The fraction of sp³-hybridized carbons (Fsp3) is 0.360. The number of rotatable bonds is 11. The predicted octanol–water partition coefficient (Wildman–Crippen LogP) is 3.66. The smallest absolute Gasteiger partial charge is 0.290 e. The number of carbonyl (C=O) groups excluding carboxylic acids is 2. The monoisotopic (exact) mass is 437 g/mol. The molecule has 0 N–H and O–H groups in total. The molecule has 0 saturated carbocycles. The quantitative estimate of drug-likeness (QED) is 0.459. The van der Waals surface area contributed by atoms with Crippen LogP contribution in [0.1, 0.15) is 35.7 Å². The van der Waals surface area contributed by atoms with Gasteiger partial charge in [0.05, 0.1) is 19.4 Å². The first-order valence-electron chi connectivity index (χ1n) is 10.8. The molecule has 2 heterocycles. The van der Waals surface area contributed by atoms with Gasteiger partial charge < -0.3 is 23.5 Å². The number of furan rings is 1. The van der Waals surface area contributed by atoms with Crippen molar-refractivity contribution in [2.75, 3.05) is 26.8 Å². The number of ether oxygens (including phenoxy) is 1. The molecule has 3 rings (SSSR count). The summed E-state index contributed by atoms with van der Waals surface area (Å²) in [4.78, 5) is 29.4. The molecule has 3 aromatic rings. The second-order valence-electron chi connectivity index (χ2n) is 7.93. The van der Waals surface area contributed by atoms with E-state index in [-0.39, 0.29) is 30.2 Å². The van der Waals surface area contributed by atoms with E-state index in [9.17, 15) is 9.59 Å². The maximum absolute atomic E-state index is 13.3. The Morgan fingerprint density at radius 2 is 1.84 bits per heavy atom. The summed E-state index contributed by atoms with van der Waals surface area (Å²) in [5.41, 5.74) is 2.21. The normalized spacial score (nSPS) is 11.0. The van der Waals surface area contributed by atoms with Gasteiger partial charge in [0.25, 0.3) is 5.91 Å². The maximum Gasteiger partial charge on any atom is 0.290 e. The molecule has 0 atom stereocenters. The molecule has 0 bridgehead atoms. The van der Waals surface area contributed by atoms with Gasteiger partial charge in [-0.3, -0.25) is 9.59 Å². The van der Waals surface area contributed by atoms with Crippen LogP contribution in [0, 0.1) is 0 Å². The third-order valence-corrected chi connectivity index (χ3v) is 5.31. The van der Waals surface area contributed by atoms with E-state index in [1.807, 2.05) is 50.4 Å². The van der Waals surface area contributed by atoms with Crippen LogP contribution in [0.5, 0.6) is 0 Å². The van der Waals surface area contributed by atoms with Crippen molar-refractivity contribution in [2.24, 2.45) is 0 Å². The van der Waals surface area contributed by atoms with Crippen LogP contribution in [0.25, 0.3) is 0 Å². The molecule has 2 aromatic heterocycles. The Morgan fingerprint density at radius 1 is 1.06 bits per heavy atom. The molecule has 0 fully saturated rings. The van der Waals surface area contributed by atoms with Crippen molar-refractivity contribution in [3.63, 3.8) is 0 Å². The number of nitrogens with zero attached hydrogens (tertiary/aromatic N) is 3. The lowest BCUT2D eigenvalue weighted by Gasteiger charge is -2.29. The lowest BCUT2D eigenvalue weighted by atomic mass is 10.2. The lowest BCUT2D eigenvalue weighted by Crippen LogP contribution is -2.46. The summed E-state index contributed by atoms with van der Waals surface area (Å²) in [6.45, 7) is 5.76. The summed E-state index contributed by atoms with van der Waals surface area (Å²) >= 11 is 0. The molecule has 170 valence electrons. The van der Waals surface area contributed by atoms with Crippen LogP contribution in [0.3, 0.4) is 0 Å². The van der Waals surface area contributed by atoms with Crippen molar-refractivity contribution in [2.45, 2.75) is 33.0 Å². The second-order valence-corrected chi connectivity index (χ2v) is 7.93. The van der Waals surface area contributed by atoms with E-state index in [0.29, 0.717) is 19.7 Å². The van der Waals surface area contributed by atoms with E-state index in [2.05, 4.69) is 16.7 Å². The molecule has 0 aliphatic heterocycles. The first kappa shape index (κ1) is 23.3. The number of hydrogen-bond acceptors (Lipinski definition) is 4. The number of aromatic nitrogens is 1. The molecule has 0 radical (unpaired) electrons. The molecule has 2 amide bonds. The Balaban J connectivity index is 1.74. The zero-order valence-electron chi connectivity index (χ0n) is 18.9. The Hall–Kier alpha value is -3.32. The minimum absolute atomic E-state index is 0.0275. The van der Waals surface area contributed by atoms with Crippen molar-refractivity contribution >= 4 is 11.8 Å². The Kier molecular flexibility index (Phi) is 8.27. The van der Waals surface area contributed by atoms with E-state index in [1.54, 1.807) is 24.1 Å². The highest BCUT2D eigenvalue weighted by molar-refractivity contribution is 5.94. The van der Waals surface area contributed by atoms with Gasteiger partial charge in [0.15, 0.2) is 5.76 Å². The van der Waals surface area contributed by atoms with Crippen molar-refractivity contribution in [3.05, 3.63) is 84.1 Å². The van der Waals surface area contributed by atoms with Crippen LogP contribution in [-0.4, -0.2) is 59.0 Å². The molecule has 0 spiro atoms. The zero-order chi connectivity index (χ0) is 22.9. The van der Waals surface area contributed by atoms with Crippen LogP contribution >= 0.6 is 0 Å². The molecule has 7 heteroatoms. The summed E-state index contributed by atoms with van der Waals surface area (Å²) in [6, 6.07) is 17.3. The molecular weight excluding hydrogens is 406 g/mol. The number of benzene rings is 1. The number of hydrogen-bond donors (Lipinski definition) is 0. The van der Waals surface area contributed by atoms with Gasteiger partial charge >= 0.3 is 0 Å². The highest BCUT2D eigenvalue weighted by Crippen LogP contribution is 2.13. The van der Waals surface area contributed by atoms with E-state index >= 15 is 0 Å². The molecule has 0 unspecified atom stereocenters. The van der Waals surface area contributed by atoms with Gasteiger partial charge in [-0.2, -0.15) is 0 Å². The van der Waals surface area contributed by atoms with E-state index in [1.165, 1.54) is 16.7 Å². The molecule has 0 aliphatic rings. The summed E-state index contributed by atoms with van der Waals surface area (Å²) in [5, 5.41) is 0. The van der Waals surface area contributed by atoms with Gasteiger partial charge in [-0.15, -0.1) is 0 Å². The van der Waals surface area contributed by atoms with Gasteiger partial charge in [0.2, 0.25) is 5.91 Å². The van der Waals surface area contributed by atoms with Gasteiger partial charge in [-0.25, -0.2) is 0 Å². The Morgan fingerprint density at radius 3 is 2.50 bits per heavy atom. The largest absolute Gasteiger partial charge is 0.459 e. The van der Waals surface area contributed by atoms with E-state index in [4.69, 9.17) is 9.15 Å². The summed E-state index contributed by atoms with van der Waals surface area (Å²) in [7, 11) is 1.61. The highest BCUT2D eigenvalue weighted by Gasteiger charge is 2.26. The Bertz CT molecular complexity index is 980. The van der Waals surface area contributed by atoms with Crippen LogP contribution in [0.2, 0.25) is 0 Å². The van der Waals surface area contributed by atoms with Crippen molar-refractivity contribution in [3.8, 4) is 0 Å². The third kappa shape index (κ3) is 6.11. The van der Waals surface area contributed by atoms with Gasteiger partial charge in [-0.05, 0) is 43.7 Å². The summed E-state index contributed by atoms with van der Waals surface area (Å²) in [5.74, 6) is -0.202. The standard InChI is InChI=1S/C25H31N3O4/c1-20(2)28(25(30)23-12-8-15-32-23)19-24(29)27(14-16-31-3)18-22-11-7-13-26(22)17-21-9-5-4-6-10-21/h4-13,15,20H,14,16-19H2,1-3H3. The van der Waals surface area contributed by atoms with Crippen LogP contribution < -0.4 is 0 Å². The van der Waals surface area contributed by atoms with Crippen molar-refractivity contribution < 1.29 is 18.7 Å². The van der Waals surface area contributed by atoms with E-state index in [0.717, 1.165) is 12.2 Å². The van der Waals surface area contributed by atoms with Gasteiger partial charge in [0, 0.05) is 38.1 Å². The molecule has 32 heavy (non-hydrogen) atoms. The summed E-state index contributed by atoms with van der Waals surface area (Å²) < 4.78 is 12.6. The molecule has 7 nitrogen and oxygen atoms in total. The first-order valence-corrected chi connectivity index (χ1v) is 10.8. The van der Waals surface area contributed by atoms with Gasteiger partial charge in [0.1, 0.15) is 6.54 Å². The van der Waals surface area contributed by atoms with E-state index < -0.39 is 0 Å². The average molecular weight is 438 g/mol. The van der Waals surface area contributed by atoms with Crippen molar-refractivity contribution in [1.29, 1.82) is 0 Å². The predicted molar refractivity (Wildman–Crippen MR) is 122 cm³/mol. The fourth-order valence-corrected chi connectivity index (χ4v) is 3.49. The highest BCUT2D eigenvalue weighted by atomic mass is 16.5. The Labute approximate surface area is 189 Å². The lowest BCUT2D eigenvalue weighted by molar-refractivity contribution is -0.133. The molecular formula is C25H31N3O4. The molecule has 0 saturated heterocycles. The third-order valence-electron chi connectivity index (χ3n) is 5.31. The molecule has 0 aliphatic carbocycles. The zero-order valence-corrected chi connectivity index (χ0v) is 18.9. The number of methoxy groups -OCH3 is 1. The minimum atomic E-state index is -0.294. The number of amides is 2. The second kappa shape index (κ2) is 11.3.